The van der Waals surface area contributed by atoms with Crippen molar-refractivity contribution in [2.75, 3.05) is 0 Å². The highest BCUT2D eigenvalue weighted by molar-refractivity contribution is 4.83. The van der Waals surface area contributed by atoms with Gasteiger partial charge in [-0.3, -0.25) is 0 Å². The molecule has 1 aromatic heterocycles. The summed E-state index contributed by atoms with van der Waals surface area (Å²) in [5, 5.41) is 0. The van der Waals surface area contributed by atoms with Crippen LogP contribution in [0.1, 0.15) is 103 Å². The molecule has 0 aliphatic rings. The molecule has 0 amide bonds. The van der Waals surface area contributed by atoms with Crippen molar-refractivity contribution in [1.82, 2.24) is 0 Å². The summed E-state index contributed by atoms with van der Waals surface area (Å²) in [6, 6.07) is 6.31. The maximum absolute atomic E-state index is 2.42. The molecule has 0 radical (unpaired) electrons. The van der Waals surface area contributed by atoms with Gasteiger partial charge in [0.25, 0.3) is 0 Å². The highest BCUT2D eigenvalue weighted by Crippen LogP contribution is 2.10. The van der Waals surface area contributed by atoms with Crippen LogP contribution in [0.5, 0.6) is 0 Å². The number of aryl methyl sites for hydroxylation is 1. The standard InChI is InChI=1S/C24H42N/c1-2-3-4-5-6-7-8-9-10-11-12-13-14-15-16-17-19-22-25-23-20-18-21-24-25/h9-10,18,20-21,23-24H,2-8,11-17,19,22H2,1H3/q+1/b10-9-. The first-order valence-electron chi connectivity index (χ1n) is 11.0. The average molecular weight is 345 g/mol. The van der Waals surface area contributed by atoms with E-state index in [0.717, 1.165) is 0 Å². The molecule has 1 aromatic rings. The van der Waals surface area contributed by atoms with Crippen LogP contribution in [0, 0.1) is 0 Å². The molecule has 0 bridgehead atoms. The molecule has 0 saturated heterocycles. The fourth-order valence-electron chi connectivity index (χ4n) is 3.30. The third-order valence-electron chi connectivity index (χ3n) is 4.96. The number of hydrogen-bond donors (Lipinski definition) is 0. The fourth-order valence-corrected chi connectivity index (χ4v) is 3.30. The molecule has 0 unspecified atom stereocenters. The summed E-state index contributed by atoms with van der Waals surface area (Å²) < 4.78 is 2.29. The number of aromatic nitrogens is 1. The molecule has 0 spiro atoms. The van der Waals surface area contributed by atoms with Crippen LogP contribution in [0.15, 0.2) is 42.7 Å². The lowest BCUT2D eigenvalue weighted by molar-refractivity contribution is -0.697. The van der Waals surface area contributed by atoms with E-state index in [4.69, 9.17) is 0 Å². The molecule has 0 aliphatic heterocycles. The fraction of sp³-hybridized carbons (Fsp3) is 0.708. The lowest BCUT2D eigenvalue weighted by Gasteiger charge is -2.00. The van der Waals surface area contributed by atoms with E-state index in [1.807, 2.05) is 0 Å². The minimum Gasteiger partial charge on any atom is -0.205 e. The van der Waals surface area contributed by atoms with E-state index < -0.39 is 0 Å². The lowest BCUT2D eigenvalue weighted by atomic mass is 10.1. The van der Waals surface area contributed by atoms with Crippen LogP contribution in [0.3, 0.4) is 0 Å². The highest BCUT2D eigenvalue weighted by Gasteiger charge is 1.97. The quantitative estimate of drug-likeness (QED) is 0.157. The number of hydrogen-bond acceptors (Lipinski definition) is 0. The third kappa shape index (κ3) is 14.9. The summed E-state index contributed by atoms with van der Waals surface area (Å²) in [6.45, 7) is 3.46. The SMILES string of the molecule is CCCCCCCC/C=C\CCCCCCCCC[n+]1ccccc1. The molecule has 0 N–H and O–H groups in total. The molecule has 0 aromatic carbocycles. The first-order chi connectivity index (χ1) is 12.4. The zero-order chi connectivity index (χ0) is 17.8. The van der Waals surface area contributed by atoms with Crippen molar-refractivity contribution in [2.24, 2.45) is 0 Å². The van der Waals surface area contributed by atoms with Gasteiger partial charge in [0.15, 0.2) is 12.4 Å². The monoisotopic (exact) mass is 344 g/mol. The van der Waals surface area contributed by atoms with E-state index in [9.17, 15) is 0 Å². The van der Waals surface area contributed by atoms with E-state index in [1.165, 1.54) is 103 Å². The van der Waals surface area contributed by atoms with Crippen LogP contribution in [0.4, 0.5) is 0 Å². The second kappa shape index (κ2) is 17.7. The van der Waals surface area contributed by atoms with Gasteiger partial charge in [0.2, 0.25) is 0 Å². The number of nitrogens with zero attached hydrogens (tertiary/aromatic N) is 1. The largest absolute Gasteiger partial charge is 0.205 e. The summed E-state index contributed by atoms with van der Waals surface area (Å²) in [7, 11) is 0. The maximum atomic E-state index is 2.42. The second-order valence-electron chi connectivity index (χ2n) is 7.40. The average Bonchev–Trinajstić information content (AvgIpc) is 2.65. The van der Waals surface area contributed by atoms with Gasteiger partial charge < -0.3 is 0 Å². The Morgan fingerprint density at radius 1 is 0.560 bits per heavy atom. The van der Waals surface area contributed by atoms with Crippen LogP contribution in [-0.2, 0) is 6.54 Å². The predicted molar refractivity (Wildman–Crippen MR) is 111 cm³/mol. The molecular weight excluding hydrogens is 302 g/mol. The van der Waals surface area contributed by atoms with Crippen molar-refractivity contribution in [2.45, 2.75) is 110 Å². The van der Waals surface area contributed by atoms with Gasteiger partial charge in [-0.1, -0.05) is 82.9 Å². The van der Waals surface area contributed by atoms with Gasteiger partial charge in [-0.15, -0.1) is 0 Å². The zero-order valence-corrected chi connectivity index (χ0v) is 16.8. The van der Waals surface area contributed by atoms with Crippen molar-refractivity contribution in [3.63, 3.8) is 0 Å². The molecule has 0 fully saturated rings. The van der Waals surface area contributed by atoms with E-state index >= 15 is 0 Å². The maximum Gasteiger partial charge on any atom is 0.168 e. The van der Waals surface area contributed by atoms with Crippen LogP contribution in [0.2, 0.25) is 0 Å². The third-order valence-corrected chi connectivity index (χ3v) is 4.96. The second-order valence-corrected chi connectivity index (χ2v) is 7.40. The van der Waals surface area contributed by atoms with Crippen molar-refractivity contribution in [1.29, 1.82) is 0 Å². The van der Waals surface area contributed by atoms with Gasteiger partial charge in [-0.2, -0.15) is 0 Å². The predicted octanol–water partition coefficient (Wildman–Crippen LogP) is 7.40. The Morgan fingerprint density at radius 2 is 1.04 bits per heavy atom. The Balaban J connectivity index is 1.75. The summed E-state index contributed by atoms with van der Waals surface area (Å²) in [5.74, 6) is 0. The van der Waals surface area contributed by atoms with Crippen LogP contribution >= 0.6 is 0 Å². The van der Waals surface area contributed by atoms with E-state index in [-0.39, 0.29) is 0 Å². The van der Waals surface area contributed by atoms with E-state index in [1.54, 1.807) is 0 Å². The Morgan fingerprint density at radius 3 is 1.60 bits per heavy atom. The molecule has 0 saturated carbocycles. The zero-order valence-electron chi connectivity index (χ0n) is 16.8. The summed E-state index contributed by atoms with van der Waals surface area (Å²) in [5.41, 5.74) is 0. The number of pyridine rings is 1. The van der Waals surface area contributed by atoms with Crippen molar-refractivity contribution in [3.05, 3.63) is 42.7 Å². The summed E-state index contributed by atoms with van der Waals surface area (Å²) in [6.07, 6.45) is 29.9. The molecule has 0 atom stereocenters. The van der Waals surface area contributed by atoms with E-state index in [2.05, 4.69) is 54.2 Å². The number of rotatable bonds is 17. The van der Waals surface area contributed by atoms with Crippen LogP contribution < -0.4 is 4.57 Å². The number of allylic oxidation sites excluding steroid dienone is 2. The minimum atomic E-state index is 1.17. The molecule has 142 valence electrons. The Kier molecular flexibility index (Phi) is 15.5. The van der Waals surface area contributed by atoms with Gasteiger partial charge in [-0.25, -0.2) is 4.57 Å². The van der Waals surface area contributed by atoms with Gasteiger partial charge in [0.05, 0.1) is 0 Å². The molecule has 1 nitrogen and oxygen atoms in total. The molecule has 1 rings (SSSR count). The Bertz CT molecular complexity index is 396. The van der Waals surface area contributed by atoms with Crippen molar-refractivity contribution in [3.8, 4) is 0 Å². The summed E-state index contributed by atoms with van der Waals surface area (Å²) >= 11 is 0. The molecule has 1 heterocycles. The van der Waals surface area contributed by atoms with Crippen molar-refractivity contribution >= 4 is 0 Å². The molecule has 1 heteroatoms. The van der Waals surface area contributed by atoms with Gasteiger partial charge >= 0.3 is 0 Å². The minimum absolute atomic E-state index is 1.17. The van der Waals surface area contributed by atoms with Crippen LogP contribution in [0.25, 0.3) is 0 Å². The van der Waals surface area contributed by atoms with E-state index in [0.29, 0.717) is 0 Å². The highest BCUT2D eigenvalue weighted by atomic mass is 14.9. The van der Waals surface area contributed by atoms with Gasteiger partial charge in [-0.05, 0) is 32.1 Å². The Hall–Kier alpha value is -1.11. The first-order valence-corrected chi connectivity index (χ1v) is 11.0. The lowest BCUT2D eigenvalue weighted by Crippen LogP contribution is -2.32. The van der Waals surface area contributed by atoms with Gasteiger partial charge in [0.1, 0.15) is 6.54 Å². The number of unbranched alkanes of at least 4 members (excludes halogenated alkanes) is 13. The van der Waals surface area contributed by atoms with Crippen molar-refractivity contribution < 1.29 is 4.57 Å². The van der Waals surface area contributed by atoms with Crippen LogP contribution in [-0.4, -0.2) is 0 Å². The molecule has 0 aliphatic carbocycles. The smallest absolute Gasteiger partial charge is 0.168 e. The first kappa shape index (κ1) is 21.9. The molecular formula is C24H42N+. The normalized spacial score (nSPS) is 11.4. The summed E-state index contributed by atoms with van der Waals surface area (Å²) in [4.78, 5) is 0. The molecule has 25 heavy (non-hydrogen) atoms. The Labute approximate surface area is 157 Å². The topological polar surface area (TPSA) is 3.88 Å². The van der Waals surface area contributed by atoms with Gasteiger partial charge in [0, 0.05) is 18.6 Å².